The average Bonchev–Trinajstić information content (AvgIpc) is 2.65. The number of nitrogens with zero attached hydrogens (tertiary/aromatic N) is 1. The van der Waals surface area contributed by atoms with Crippen LogP contribution < -0.4 is 10.7 Å². The number of rotatable bonds is 7. The lowest BCUT2D eigenvalue weighted by molar-refractivity contribution is -0.121. The standard InChI is InChI=1S/C19H19Cl2N3O3/c1-2-27-19(26)23-16(13-7-4-3-5-8-13)11-17(25)24-22-12-14-9-6-10-15(20)18(14)21/h3-10,12,16H,2,11H2,1H3,(H,23,26)(H,24,25)/b22-12-/t16-/m0/s1. The monoisotopic (exact) mass is 407 g/mol. The van der Waals surface area contributed by atoms with Crippen LogP contribution in [0, 0.1) is 0 Å². The summed E-state index contributed by atoms with van der Waals surface area (Å²) in [5.74, 6) is -0.380. The first-order valence-corrected chi connectivity index (χ1v) is 9.01. The fourth-order valence-electron chi connectivity index (χ4n) is 2.28. The largest absolute Gasteiger partial charge is 0.450 e. The Balaban J connectivity index is 2.01. The Bertz CT molecular complexity index is 813. The SMILES string of the molecule is CCOC(=O)N[C@@H](CC(=O)N/N=C\c1cccc(Cl)c1Cl)c1ccccc1. The molecule has 2 aromatic rings. The number of nitrogens with one attached hydrogen (secondary N) is 2. The van der Waals surface area contributed by atoms with Gasteiger partial charge >= 0.3 is 6.09 Å². The third kappa shape index (κ3) is 6.58. The van der Waals surface area contributed by atoms with Crippen LogP contribution in [-0.4, -0.2) is 24.8 Å². The molecule has 6 nitrogen and oxygen atoms in total. The number of carbonyl (C=O) groups is 2. The van der Waals surface area contributed by atoms with E-state index >= 15 is 0 Å². The number of carbonyl (C=O) groups excluding carboxylic acids is 2. The zero-order valence-corrected chi connectivity index (χ0v) is 16.1. The van der Waals surface area contributed by atoms with Crippen molar-refractivity contribution in [2.75, 3.05) is 6.61 Å². The van der Waals surface area contributed by atoms with E-state index in [-0.39, 0.29) is 18.9 Å². The molecule has 0 aliphatic carbocycles. The maximum absolute atomic E-state index is 12.2. The summed E-state index contributed by atoms with van der Waals surface area (Å²) in [6, 6.07) is 13.7. The molecule has 2 aromatic carbocycles. The third-order valence-electron chi connectivity index (χ3n) is 3.53. The number of hydrogen-bond donors (Lipinski definition) is 2. The fraction of sp³-hybridized carbons (Fsp3) is 0.211. The van der Waals surface area contributed by atoms with E-state index in [0.29, 0.717) is 15.6 Å². The Morgan fingerprint density at radius 1 is 1.15 bits per heavy atom. The number of ether oxygens (including phenoxy) is 1. The second kappa shape index (κ2) is 10.5. The lowest BCUT2D eigenvalue weighted by Crippen LogP contribution is -2.33. The molecule has 0 fully saturated rings. The summed E-state index contributed by atoms with van der Waals surface area (Å²) >= 11 is 12.0. The predicted molar refractivity (Wildman–Crippen MR) is 106 cm³/mol. The molecule has 8 heteroatoms. The van der Waals surface area contributed by atoms with Crippen molar-refractivity contribution in [3.8, 4) is 0 Å². The van der Waals surface area contributed by atoms with E-state index in [2.05, 4.69) is 15.8 Å². The van der Waals surface area contributed by atoms with Crippen LogP contribution in [-0.2, 0) is 9.53 Å². The van der Waals surface area contributed by atoms with E-state index < -0.39 is 12.1 Å². The Morgan fingerprint density at radius 3 is 2.59 bits per heavy atom. The van der Waals surface area contributed by atoms with Crippen molar-refractivity contribution >= 4 is 41.4 Å². The second-order valence-electron chi connectivity index (χ2n) is 5.47. The van der Waals surface area contributed by atoms with Crippen LogP contribution in [0.4, 0.5) is 4.79 Å². The van der Waals surface area contributed by atoms with E-state index in [1.807, 2.05) is 30.3 Å². The summed E-state index contributed by atoms with van der Waals surface area (Å²) in [5.41, 5.74) is 3.78. The highest BCUT2D eigenvalue weighted by atomic mass is 35.5. The number of benzene rings is 2. The van der Waals surface area contributed by atoms with Crippen molar-refractivity contribution in [2.45, 2.75) is 19.4 Å². The summed E-state index contributed by atoms with van der Waals surface area (Å²) in [4.78, 5) is 24.0. The van der Waals surface area contributed by atoms with Gasteiger partial charge in [-0.25, -0.2) is 10.2 Å². The highest BCUT2D eigenvalue weighted by molar-refractivity contribution is 6.43. The number of halogens is 2. The molecule has 27 heavy (non-hydrogen) atoms. The molecule has 2 rings (SSSR count). The van der Waals surface area contributed by atoms with Gasteiger partial charge < -0.3 is 10.1 Å². The number of hydrazone groups is 1. The van der Waals surface area contributed by atoms with Gasteiger partial charge in [0.1, 0.15) is 0 Å². The van der Waals surface area contributed by atoms with Gasteiger partial charge in [-0.3, -0.25) is 4.79 Å². The summed E-state index contributed by atoms with van der Waals surface area (Å²) < 4.78 is 4.90. The molecule has 0 heterocycles. The summed E-state index contributed by atoms with van der Waals surface area (Å²) in [6.07, 6.45) is 0.805. The van der Waals surface area contributed by atoms with Gasteiger partial charge in [-0.15, -0.1) is 0 Å². The van der Waals surface area contributed by atoms with E-state index in [1.54, 1.807) is 25.1 Å². The minimum atomic E-state index is -0.589. The van der Waals surface area contributed by atoms with Gasteiger partial charge in [0.05, 0.1) is 35.3 Å². The molecule has 0 aliphatic rings. The Hall–Kier alpha value is -2.57. The molecule has 0 saturated heterocycles. The van der Waals surface area contributed by atoms with Crippen LogP contribution >= 0.6 is 23.2 Å². The molecule has 142 valence electrons. The zero-order chi connectivity index (χ0) is 19.6. The Morgan fingerprint density at radius 2 is 1.89 bits per heavy atom. The normalized spacial score (nSPS) is 11.8. The summed E-state index contributed by atoms with van der Waals surface area (Å²) in [7, 11) is 0. The minimum Gasteiger partial charge on any atom is -0.450 e. The van der Waals surface area contributed by atoms with E-state index in [1.165, 1.54) is 6.21 Å². The molecule has 2 amide bonds. The van der Waals surface area contributed by atoms with Crippen molar-refractivity contribution < 1.29 is 14.3 Å². The molecular weight excluding hydrogens is 389 g/mol. The molecule has 0 aliphatic heterocycles. The van der Waals surface area contributed by atoms with Crippen LogP contribution in [0.5, 0.6) is 0 Å². The first-order chi connectivity index (χ1) is 13.0. The van der Waals surface area contributed by atoms with Crippen molar-refractivity contribution in [1.29, 1.82) is 0 Å². The molecule has 0 spiro atoms. The van der Waals surface area contributed by atoms with Gasteiger partial charge in [-0.05, 0) is 18.6 Å². The molecule has 0 aromatic heterocycles. The minimum absolute atomic E-state index is 0.0105. The number of alkyl carbamates (subject to hydrolysis) is 1. The fourth-order valence-corrected chi connectivity index (χ4v) is 2.63. The Kier molecular flexibility index (Phi) is 8.10. The highest BCUT2D eigenvalue weighted by Gasteiger charge is 2.18. The average molecular weight is 408 g/mol. The molecule has 2 N–H and O–H groups in total. The predicted octanol–water partition coefficient (Wildman–Crippen LogP) is 4.32. The lowest BCUT2D eigenvalue weighted by atomic mass is 10.0. The van der Waals surface area contributed by atoms with Gasteiger partial charge in [0.2, 0.25) is 5.91 Å². The van der Waals surface area contributed by atoms with Gasteiger partial charge in [0, 0.05) is 5.56 Å². The first-order valence-electron chi connectivity index (χ1n) is 8.25. The maximum atomic E-state index is 12.2. The highest BCUT2D eigenvalue weighted by Crippen LogP contribution is 2.24. The summed E-state index contributed by atoms with van der Waals surface area (Å²) in [5, 5.41) is 7.32. The van der Waals surface area contributed by atoms with Crippen LogP contribution in [0.2, 0.25) is 10.0 Å². The molecule has 0 unspecified atom stereocenters. The van der Waals surface area contributed by atoms with E-state index in [4.69, 9.17) is 27.9 Å². The first kappa shape index (κ1) is 20.7. The number of hydrogen-bond acceptors (Lipinski definition) is 4. The maximum Gasteiger partial charge on any atom is 0.407 e. The van der Waals surface area contributed by atoms with E-state index in [0.717, 1.165) is 5.56 Å². The van der Waals surface area contributed by atoms with Gasteiger partial charge in [0.25, 0.3) is 0 Å². The summed E-state index contributed by atoms with van der Waals surface area (Å²) in [6.45, 7) is 1.95. The Labute approximate surface area is 167 Å². The van der Waals surface area contributed by atoms with Gasteiger partial charge in [0.15, 0.2) is 0 Å². The third-order valence-corrected chi connectivity index (χ3v) is 4.37. The van der Waals surface area contributed by atoms with E-state index in [9.17, 15) is 9.59 Å². The van der Waals surface area contributed by atoms with Crippen molar-refractivity contribution in [1.82, 2.24) is 10.7 Å². The van der Waals surface area contributed by atoms with Crippen LogP contribution in [0.15, 0.2) is 53.6 Å². The molecule has 1 atom stereocenters. The van der Waals surface area contributed by atoms with Crippen LogP contribution in [0.3, 0.4) is 0 Å². The molecular formula is C19H19Cl2N3O3. The van der Waals surface area contributed by atoms with Crippen molar-refractivity contribution in [2.24, 2.45) is 5.10 Å². The van der Waals surface area contributed by atoms with Gasteiger partial charge in [-0.1, -0.05) is 65.7 Å². The smallest absolute Gasteiger partial charge is 0.407 e. The molecule has 0 saturated carbocycles. The van der Waals surface area contributed by atoms with Crippen LogP contribution in [0.25, 0.3) is 0 Å². The van der Waals surface area contributed by atoms with Crippen LogP contribution in [0.1, 0.15) is 30.5 Å². The van der Waals surface area contributed by atoms with Crippen molar-refractivity contribution in [3.63, 3.8) is 0 Å². The van der Waals surface area contributed by atoms with Gasteiger partial charge in [-0.2, -0.15) is 5.10 Å². The zero-order valence-electron chi connectivity index (χ0n) is 14.6. The number of amides is 2. The lowest BCUT2D eigenvalue weighted by Gasteiger charge is -2.18. The molecule has 0 bridgehead atoms. The topological polar surface area (TPSA) is 79.8 Å². The molecule has 0 radical (unpaired) electrons. The van der Waals surface area contributed by atoms with Crippen molar-refractivity contribution in [3.05, 3.63) is 69.7 Å². The quantitative estimate of drug-likeness (QED) is 0.529. The second-order valence-corrected chi connectivity index (χ2v) is 6.25.